The highest BCUT2D eigenvalue weighted by Gasteiger charge is 2.24. The molecule has 0 spiro atoms. The van der Waals surface area contributed by atoms with Crippen molar-refractivity contribution in [2.24, 2.45) is 0 Å². The average Bonchev–Trinajstić information content (AvgIpc) is 2.63. The number of carboxylic acid groups (broad SMARTS) is 1. The molecule has 1 aliphatic heterocycles. The number of rotatable bonds is 3. The molecule has 1 aromatic rings. The van der Waals surface area contributed by atoms with Crippen LogP contribution in [0.5, 0.6) is 0 Å². The summed E-state index contributed by atoms with van der Waals surface area (Å²) in [6, 6.07) is 4.93. The van der Waals surface area contributed by atoms with Crippen LogP contribution in [-0.4, -0.2) is 35.4 Å². The van der Waals surface area contributed by atoms with E-state index in [0.29, 0.717) is 11.4 Å². The number of aromatic carboxylic acids is 1. The zero-order valence-corrected chi connectivity index (χ0v) is 10.9. The lowest BCUT2D eigenvalue weighted by atomic mass is 10.1. The molecule has 5 nitrogen and oxygen atoms in total. The molecule has 0 aliphatic carbocycles. The maximum absolute atomic E-state index is 11.4. The summed E-state index contributed by atoms with van der Waals surface area (Å²) in [5, 5.41) is 18.8. The maximum atomic E-state index is 11.4. The molecule has 19 heavy (non-hydrogen) atoms. The van der Waals surface area contributed by atoms with Crippen LogP contribution in [0.4, 0.5) is 11.4 Å². The summed E-state index contributed by atoms with van der Waals surface area (Å²) in [6.45, 7) is 0.818. The van der Waals surface area contributed by atoms with Crippen molar-refractivity contribution in [3.05, 3.63) is 23.8 Å². The van der Waals surface area contributed by atoms with Crippen LogP contribution in [0.3, 0.4) is 0 Å². The van der Waals surface area contributed by atoms with Gasteiger partial charge in [-0.15, -0.1) is 0 Å². The monoisotopic (exact) mass is 264 g/mol. The number of nitrogens with zero attached hydrogens (tertiary/aromatic N) is 1. The number of carbonyl (C=O) groups is 1. The number of aliphatic hydroxyl groups is 1. The second kappa shape index (κ2) is 5.93. The molecular weight excluding hydrogens is 244 g/mol. The van der Waals surface area contributed by atoms with Gasteiger partial charge in [0, 0.05) is 12.2 Å². The van der Waals surface area contributed by atoms with E-state index < -0.39 is 5.97 Å². The minimum absolute atomic E-state index is 0.00998. The lowest BCUT2D eigenvalue weighted by Gasteiger charge is -2.32. The van der Waals surface area contributed by atoms with Gasteiger partial charge in [-0.1, -0.05) is 12.8 Å². The highest BCUT2D eigenvalue weighted by Crippen LogP contribution is 2.29. The van der Waals surface area contributed by atoms with Gasteiger partial charge in [0.15, 0.2) is 0 Å². The molecule has 0 radical (unpaired) electrons. The molecule has 5 heteroatoms. The van der Waals surface area contributed by atoms with Crippen molar-refractivity contribution in [1.29, 1.82) is 0 Å². The molecule has 0 bridgehead atoms. The Morgan fingerprint density at radius 3 is 2.84 bits per heavy atom. The summed E-state index contributed by atoms with van der Waals surface area (Å²) >= 11 is 0. The molecule has 4 N–H and O–H groups in total. The third-order valence-electron chi connectivity index (χ3n) is 3.65. The Balaban J connectivity index is 2.40. The van der Waals surface area contributed by atoms with Crippen LogP contribution >= 0.6 is 0 Å². The largest absolute Gasteiger partial charge is 0.478 e. The molecule has 0 saturated carbocycles. The van der Waals surface area contributed by atoms with Gasteiger partial charge in [-0.2, -0.15) is 0 Å². The number of benzene rings is 1. The summed E-state index contributed by atoms with van der Waals surface area (Å²) < 4.78 is 0. The number of nitrogen functional groups attached to an aromatic ring is 1. The lowest BCUT2D eigenvalue weighted by Crippen LogP contribution is -2.38. The van der Waals surface area contributed by atoms with Crippen molar-refractivity contribution >= 4 is 17.3 Å². The first-order valence-electron chi connectivity index (χ1n) is 6.64. The molecular formula is C14H20N2O3. The van der Waals surface area contributed by atoms with E-state index in [-0.39, 0.29) is 18.2 Å². The molecule has 1 atom stereocenters. The summed E-state index contributed by atoms with van der Waals surface area (Å²) in [5.41, 5.74) is 6.97. The van der Waals surface area contributed by atoms with Gasteiger partial charge in [0.1, 0.15) is 0 Å². The Morgan fingerprint density at radius 2 is 2.16 bits per heavy atom. The standard InChI is InChI=1S/C14H20N2O3/c15-10-5-6-13(12(8-10)14(18)19)16-7-3-1-2-4-11(16)9-17/h5-6,8,11,17H,1-4,7,9,15H2,(H,18,19). The number of hydrogen-bond donors (Lipinski definition) is 3. The number of anilines is 2. The predicted octanol–water partition coefficient (Wildman–Crippen LogP) is 1.71. The van der Waals surface area contributed by atoms with Gasteiger partial charge in [0.2, 0.25) is 0 Å². The quantitative estimate of drug-likeness (QED) is 0.723. The van der Waals surface area contributed by atoms with Gasteiger partial charge in [0.05, 0.1) is 23.9 Å². The third kappa shape index (κ3) is 2.98. The zero-order chi connectivity index (χ0) is 13.8. The summed E-state index contributed by atoms with van der Waals surface area (Å²) in [5.74, 6) is -0.983. The Morgan fingerprint density at radius 1 is 1.37 bits per heavy atom. The van der Waals surface area contributed by atoms with Crippen LogP contribution in [0, 0.1) is 0 Å². The molecule has 1 unspecified atom stereocenters. The van der Waals surface area contributed by atoms with Crippen LogP contribution in [-0.2, 0) is 0 Å². The van der Waals surface area contributed by atoms with Crippen LogP contribution < -0.4 is 10.6 Å². The second-order valence-corrected chi connectivity index (χ2v) is 4.96. The fourth-order valence-corrected chi connectivity index (χ4v) is 2.66. The van der Waals surface area contributed by atoms with E-state index >= 15 is 0 Å². The van der Waals surface area contributed by atoms with E-state index in [2.05, 4.69) is 0 Å². The number of aliphatic hydroxyl groups excluding tert-OH is 1. The molecule has 0 aromatic heterocycles. The summed E-state index contributed by atoms with van der Waals surface area (Å²) in [4.78, 5) is 13.4. The number of hydrogen-bond acceptors (Lipinski definition) is 4. The normalized spacial score (nSPS) is 20.1. The highest BCUT2D eigenvalue weighted by molar-refractivity contribution is 5.95. The topological polar surface area (TPSA) is 86.8 Å². The van der Waals surface area contributed by atoms with Gasteiger partial charge in [-0.05, 0) is 31.0 Å². The molecule has 104 valence electrons. The first-order valence-corrected chi connectivity index (χ1v) is 6.64. The minimum atomic E-state index is -0.983. The van der Waals surface area contributed by atoms with E-state index in [1.807, 2.05) is 4.90 Å². The van der Waals surface area contributed by atoms with E-state index in [4.69, 9.17) is 5.73 Å². The van der Waals surface area contributed by atoms with E-state index in [9.17, 15) is 15.0 Å². The van der Waals surface area contributed by atoms with Crippen LogP contribution in [0.15, 0.2) is 18.2 Å². The smallest absolute Gasteiger partial charge is 0.337 e. The first kappa shape index (κ1) is 13.7. The van der Waals surface area contributed by atoms with Crippen molar-refractivity contribution in [1.82, 2.24) is 0 Å². The molecule has 0 amide bonds. The van der Waals surface area contributed by atoms with Gasteiger partial charge < -0.3 is 20.8 Å². The summed E-state index contributed by atoms with van der Waals surface area (Å²) in [6.07, 6.45) is 4.09. The van der Waals surface area contributed by atoms with Crippen LogP contribution in [0.25, 0.3) is 0 Å². The van der Waals surface area contributed by atoms with Gasteiger partial charge in [-0.3, -0.25) is 0 Å². The van der Waals surface area contributed by atoms with Gasteiger partial charge >= 0.3 is 5.97 Å². The molecule has 1 aliphatic rings. The molecule has 1 fully saturated rings. The van der Waals surface area contributed by atoms with Gasteiger partial charge in [-0.25, -0.2) is 4.79 Å². The summed E-state index contributed by atoms with van der Waals surface area (Å²) in [7, 11) is 0. The fraction of sp³-hybridized carbons (Fsp3) is 0.500. The van der Waals surface area contributed by atoms with E-state index in [1.165, 1.54) is 6.07 Å². The van der Waals surface area contributed by atoms with Crippen molar-refractivity contribution in [3.63, 3.8) is 0 Å². The average molecular weight is 264 g/mol. The fourth-order valence-electron chi connectivity index (χ4n) is 2.66. The van der Waals surface area contributed by atoms with Crippen molar-refractivity contribution in [3.8, 4) is 0 Å². The zero-order valence-electron chi connectivity index (χ0n) is 10.9. The van der Waals surface area contributed by atoms with E-state index in [1.54, 1.807) is 12.1 Å². The van der Waals surface area contributed by atoms with Crippen molar-refractivity contribution in [2.75, 3.05) is 23.8 Å². The maximum Gasteiger partial charge on any atom is 0.337 e. The second-order valence-electron chi connectivity index (χ2n) is 4.96. The molecule has 2 rings (SSSR count). The van der Waals surface area contributed by atoms with Crippen molar-refractivity contribution in [2.45, 2.75) is 31.7 Å². The molecule has 1 heterocycles. The number of carboxylic acids is 1. The third-order valence-corrected chi connectivity index (χ3v) is 3.65. The van der Waals surface area contributed by atoms with Gasteiger partial charge in [0.25, 0.3) is 0 Å². The Labute approximate surface area is 112 Å². The Bertz CT molecular complexity index is 462. The SMILES string of the molecule is Nc1ccc(N2CCCCCC2CO)c(C(=O)O)c1. The van der Waals surface area contributed by atoms with Crippen LogP contribution in [0.1, 0.15) is 36.0 Å². The predicted molar refractivity (Wildman–Crippen MR) is 74.5 cm³/mol. The lowest BCUT2D eigenvalue weighted by molar-refractivity contribution is 0.0697. The highest BCUT2D eigenvalue weighted by atomic mass is 16.4. The van der Waals surface area contributed by atoms with Crippen molar-refractivity contribution < 1.29 is 15.0 Å². The Hall–Kier alpha value is -1.75. The molecule has 1 aromatic carbocycles. The van der Waals surface area contributed by atoms with E-state index in [0.717, 1.165) is 32.2 Å². The number of nitrogens with two attached hydrogens (primary N) is 1. The molecule has 1 saturated heterocycles. The first-order chi connectivity index (χ1) is 9.13. The Kier molecular flexibility index (Phi) is 4.27. The minimum Gasteiger partial charge on any atom is -0.478 e. The van der Waals surface area contributed by atoms with Crippen LogP contribution in [0.2, 0.25) is 0 Å².